The van der Waals surface area contributed by atoms with Crippen molar-refractivity contribution in [3.05, 3.63) is 53.9 Å². The summed E-state index contributed by atoms with van der Waals surface area (Å²) in [5.74, 6) is 2.34. The Balaban J connectivity index is 1.49. The largest absolute Gasteiger partial charge is 0.493 e. The number of hydrogen-bond donors (Lipinski definition) is 3. The molecule has 3 N–H and O–H groups in total. The molecular weight excluding hydrogens is 406 g/mol. The third-order valence-corrected chi connectivity index (χ3v) is 6.09. The van der Waals surface area contributed by atoms with E-state index in [9.17, 15) is 4.79 Å². The SMILES string of the molecule is COc1ccc(C2CC(C(=O)NC(c3nc4ccccc4n3C)C(C)C)NN2)cc1OC. The summed E-state index contributed by atoms with van der Waals surface area (Å²) in [6.45, 7) is 4.19. The highest BCUT2D eigenvalue weighted by Gasteiger charge is 2.33. The number of aryl methyl sites for hydroxylation is 1. The lowest BCUT2D eigenvalue weighted by Crippen LogP contribution is -2.45. The number of amides is 1. The van der Waals surface area contributed by atoms with Gasteiger partial charge in [-0.2, -0.15) is 0 Å². The number of carbonyl (C=O) groups excluding carboxylic acids is 1. The third kappa shape index (κ3) is 4.16. The summed E-state index contributed by atoms with van der Waals surface area (Å²) in [4.78, 5) is 18.0. The van der Waals surface area contributed by atoms with Gasteiger partial charge in [-0.1, -0.05) is 32.0 Å². The number of ether oxygens (including phenoxy) is 2. The van der Waals surface area contributed by atoms with E-state index < -0.39 is 0 Å². The second-order valence-corrected chi connectivity index (χ2v) is 8.49. The monoisotopic (exact) mass is 437 g/mol. The van der Waals surface area contributed by atoms with Gasteiger partial charge in [0.25, 0.3) is 0 Å². The first-order chi connectivity index (χ1) is 15.4. The summed E-state index contributed by atoms with van der Waals surface area (Å²) in [6.07, 6.45) is 0.620. The quantitative estimate of drug-likeness (QED) is 0.527. The second kappa shape index (κ2) is 9.18. The van der Waals surface area contributed by atoms with E-state index in [2.05, 4.69) is 34.6 Å². The fraction of sp³-hybridized carbons (Fsp3) is 0.417. The summed E-state index contributed by atoms with van der Waals surface area (Å²) in [6, 6.07) is 13.2. The highest BCUT2D eigenvalue weighted by Crippen LogP contribution is 2.32. The molecule has 8 heteroatoms. The van der Waals surface area contributed by atoms with Crippen molar-refractivity contribution < 1.29 is 14.3 Å². The minimum absolute atomic E-state index is 0.0150. The molecule has 3 unspecified atom stereocenters. The molecule has 0 aliphatic carbocycles. The van der Waals surface area contributed by atoms with Gasteiger partial charge in [0.05, 0.1) is 31.3 Å². The molecule has 8 nitrogen and oxygen atoms in total. The molecule has 1 amide bonds. The number of benzene rings is 2. The Morgan fingerprint density at radius 1 is 1.12 bits per heavy atom. The van der Waals surface area contributed by atoms with Crippen LogP contribution in [0.3, 0.4) is 0 Å². The number of fused-ring (bicyclic) bond motifs is 1. The molecule has 170 valence electrons. The van der Waals surface area contributed by atoms with Gasteiger partial charge in [-0.25, -0.2) is 15.8 Å². The van der Waals surface area contributed by atoms with Crippen molar-refractivity contribution in [1.82, 2.24) is 25.7 Å². The summed E-state index contributed by atoms with van der Waals surface area (Å²) in [5.41, 5.74) is 9.40. The molecule has 1 fully saturated rings. The lowest BCUT2D eigenvalue weighted by Gasteiger charge is -2.23. The summed E-state index contributed by atoms with van der Waals surface area (Å²) in [5, 5.41) is 3.22. The number of carbonyl (C=O) groups is 1. The molecule has 0 bridgehead atoms. The van der Waals surface area contributed by atoms with Crippen LogP contribution in [-0.2, 0) is 11.8 Å². The van der Waals surface area contributed by atoms with Gasteiger partial charge in [-0.05, 0) is 42.2 Å². The lowest BCUT2D eigenvalue weighted by molar-refractivity contribution is -0.124. The number of imidazole rings is 1. The Hall–Kier alpha value is -3.10. The molecule has 2 aromatic carbocycles. The average Bonchev–Trinajstić information content (AvgIpc) is 3.42. The summed E-state index contributed by atoms with van der Waals surface area (Å²) < 4.78 is 12.8. The third-order valence-electron chi connectivity index (χ3n) is 6.09. The average molecular weight is 438 g/mol. The molecule has 1 aromatic heterocycles. The van der Waals surface area contributed by atoms with Crippen LogP contribution in [0.5, 0.6) is 11.5 Å². The fourth-order valence-electron chi connectivity index (χ4n) is 4.24. The number of hydrogen-bond acceptors (Lipinski definition) is 6. The highest BCUT2D eigenvalue weighted by molar-refractivity contribution is 5.83. The van der Waals surface area contributed by atoms with Crippen LogP contribution in [0.4, 0.5) is 0 Å². The van der Waals surface area contributed by atoms with Crippen LogP contribution in [0, 0.1) is 5.92 Å². The number of aromatic nitrogens is 2. The first-order valence-corrected chi connectivity index (χ1v) is 10.9. The Bertz CT molecular complexity index is 1110. The highest BCUT2D eigenvalue weighted by atomic mass is 16.5. The number of methoxy groups -OCH3 is 2. The lowest BCUT2D eigenvalue weighted by atomic mass is 9.99. The van der Waals surface area contributed by atoms with Crippen LogP contribution >= 0.6 is 0 Å². The Morgan fingerprint density at radius 2 is 1.88 bits per heavy atom. The van der Waals surface area contributed by atoms with Crippen LogP contribution in [0.15, 0.2) is 42.5 Å². The van der Waals surface area contributed by atoms with Gasteiger partial charge < -0.3 is 19.4 Å². The van der Waals surface area contributed by atoms with Gasteiger partial charge in [0.2, 0.25) is 5.91 Å². The molecule has 4 rings (SSSR count). The minimum Gasteiger partial charge on any atom is -0.493 e. The van der Waals surface area contributed by atoms with Crippen LogP contribution in [-0.4, -0.2) is 35.7 Å². The molecule has 3 aromatic rings. The Morgan fingerprint density at radius 3 is 2.56 bits per heavy atom. The Kier molecular flexibility index (Phi) is 6.34. The van der Waals surface area contributed by atoms with Crippen molar-refractivity contribution in [1.29, 1.82) is 0 Å². The minimum atomic E-state index is -0.357. The molecule has 0 radical (unpaired) electrons. The van der Waals surface area contributed by atoms with Crippen molar-refractivity contribution in [2.75, 3.05) is 14.2 Å². The van der Waals surface area contributed by atoms with Gasteiger partial charge in [-0.3, -0.25) is 4.79 Å². The second-order valence-electron chi connectivity index (χ2n) is 8.49. The maximum absolute atomic E-state index is 13.2. The molecule has 1 aliphatic rings. The van der Waals surface area contributed by atoms with E-state index in [4.69, 9.17) is 14.5 Å². The standard InChI is InChI=1S/C24H31N5O3/c1-14(2)22(23-25-16-8-6-7-9-19(16)29(23)3)26-24(30)18-13-17(27-28-18)15-10-11-20(31-4)21(12-15)32-5/h6-12,14,17-18,22,27-28H,13H2,1-5H3,(H,26,30). The van der Waals surface area contributed by atoms with Crippen LogP contribution in [0.1, 0.15) is 43.7 Å². The Labute approximate surface area is 188 Å². The van der Waals surface area contributed by atoms with E-state index in [1.807, 2.05) is 49.5 Å². The van der Waals surface area contributed by atoms with Crippen LogP contribution in [0.2, 0.25) is 0 Å². The molecule has 1 aliphatic heterocycles. The van der Waals surface area contributed by atoms with E-state index >= 15 is 0 Å². The number of nitrogens with zero attached hydrogens (tertiary/aromatic N) is 2. The summed E-state index contributed by atoms with van der Waals surface area (Å²) in [7, 11) is 5.23. The van der Waals surface area contributed by atoms with Gasteiger partial charge in [0.1, 0.15) is 11.9 Å². The number of hydrazine groups is 1. The zero-order chi connectivity index (χ0) is 22.8. The molecule has 0 spiro atoms. The van der Waals surface area contributed by atoms with E-state index in [0.717, 1.165) is 22.4 Å². The molecular formula is C24H31N5O3. The van der Waals surface area contributed by atoms with Crippen molar-refractivity contribution in [3.63, 3.8) is 0 Å². The maximum atomic E-state index is 13.2. The number of rotatable bonds is 7. The van der Waals surface area contributed by atoms with Gasteiger partial charge >= 0.3 is 0 Å². The normalized spacial score (nSPS) is 19.3. The van der Waals surface area contributed by atoms with Gasteiger partial charge in [0, 0.05) is 13.1 Å². The van der Waals surface area contributed by atoms with Gasteiger partial charge in [0.15, 0.2) is 11.5 Å². The predicted molar refractivity (Wildman–Crippen MR) is 123 cm³/mol. The van der Waals surface area contributed by atoms with Crippen molar-refractivity contribution in [2.24, 2.45) is 13.0 Å². The summed E-state index contributed by atoms with van der Waals surface area (Å²) >= 11 is 0. The van der Waals surface area contributed by atoms with E-state index in [1.54, 1.807) is 14.2 Å². The first kappa shape index (κ1) is 22.1. The van der Waals surface area contributed by atoms with Crippen LogP contribution in [0.25, 0.3) is 11.0 Å². The molecule has 1 saturated heterocycles. The smallest absolute Gasteiger partial charge is 0.239 e. The van der Waals surface area contributed by atoms with Crippen molar-refractivity contribution in [3.8, 4) is 11.5 Å². The number of para-hydroxylation sites is 2. The predicted octanol–water partition coefficient (Wildman–Crippen LogP) is 3.01. The van der Waals surface area contributed by atoms with Crippen LogP contribution < -0.4 is 25.6 Å². The van der Waals surface area contributed by atoms with E-state index in [1.165, 1.54) is 0 Å². The van der Waals surface area contributed by atoms with Gasteiger partial charge in [-0.15, -0.1) is 0 Å². The molecule has 32 heavy (non-hydrogen) atoms. The fourth-order valence-corrected chi connectivity index (χ4v) is 4.24. The van der Waals surface area contributed by atoms with E-state index in [-0.39, 0.29) is 30.0 Å². The zero-order valence-electron chi connectivity index (χ0n) is 19.2. The molecule has 3 atom stereocenters. The zero-order valence-corrected chi connectivity index (χ0v) is 19.2. The topological polar surface area (TPSA) is 89.4 Å². The molecule has 0 saturated carbocycles. The first-order valence-electron chi connectivity index (χ1n) is 10.9. The van der Waals surface area contributed by atoms with Crippen molar-refractivity contribution >= 4 is 16.9 Å². The van der Waals surface area contributed by atoms with Crippen molar-refractivity contribution in [2.45, 2.75) is 38.4 Å². The molecule has 2 heterocycles. The number of nitrogens with one attached hydrogen (secondary N) is 3. The van der Waals surface area contributed by atoms with E-state index in [0.29, 0.717) is 17.9 Å². The maximum Gasteiger partial charge on any atom is 0.239 e.